The summed E-state index contributed by atoms with van der Waals surface area (Å²) in [4.78, 5) is 20.3. The van der Waals surface area contributed by atoms with Crippen LogP contribution >= 0.6 is 0 Å². The molecule has 0 aromatic heterocycles. The van der Waals surface area contributed by atoms with E-state index < -0.39 is 19.0 Å². The fourth-order valence-corrected chi connectivity index (χ4v) is 0.173. The van der Waals surface area contributed by atoms with Gasteiger partial charge in [0.25, 0.3) is 0 Å². The predicted molar refractivity (Wildman–Crippen MR) is 28.8 cm³/mol. The van der Waals surface area contributed by atoms with E-state index in [9.17, 15) is 9.59 Å². The number of aliphatic carboxylic acids is 1. The number of esters is 1. The highest BCUT2D eigenvalue weighted by Gasteiger charge is 1.91. The average molecular weight is 134 g/mol. The lowest BCUT2D eigenvalue weighted by Gasteiger charge is -1.85. The number of hydrogen-bond donors (Lipinski definition) is 1. The molecule has 9 heavy (non-hydrogen) atoms. The number of rotatable bonds is 2. The molecule has 0 aliphatic heterocycles. The van der Waals surface area contributed by atoms with Gasteiger partial charge in [-0.05, 0) is 0 Å². The normalized spacial score (nSPS) is 15.8. The standard InChI is InChI=1S/C5H6O4/c1-9-5(8)3-2-4(6)7/h2-3H,1H3,(H,6,7)/b3-2+/i1+1D3. The monoisotopic (exact) mass is 134 g/mol. The first kappa shape index (κ1) is 3.66. The van der Waals surface area contributed by atoms with Crippen LogP contribution in [0, 0.1) is 0 Å². The van der Waals surface area contributed by atoms with Gasteiger partial charge in [0.05, 0.1) is 11.2 Å². The van der Waals surface area contributed by atoms with E-state index in [1.54, 1.807) is 0 Å². The molecule has 0 atom stereocenters. The Morgan fingerprint density at radius 3 is 2.78 bits per heavy atom. The van der Waals surface area contributed by atoms with Crippen LogP contribution < -0.4 is 0 Å². The highest BCUT2D eigenvalue weighted by molar-refractivity contribution is 5.90. The number of carboxylic acid groups (broad SMARTS) is 1. The van der Waals surface area contributed by atoms with Crippen LogP contribution in [0.15, 0.2) is 12.2 Å². The lowest BCUT2D eigenvalue weighted by molar-refractivity contribution is -0.136. The van der Waals surface area contributed by atoms with Gasteiger partial charge in [0.15, 0.2) is 0 Å². The van der Waals surface area contributed by atoms with Crippen LogP contribution in [0.5, 0.6) is 0 Å². The van der Waals surface area contributed by atoms with Crippen molar-refractivity contribution in [2.45, 2.75) is 0 Å². The zero-order chi connectivity index (χ0) is 9.78. The Labute approximate surface area is 56.0 Å². The minimum Gasteiger partial charge on any atom is -0.478 e. The van der Waals surface area contributed by atoms with E-state index in [4.69, 9.17) is 9.22 Å². The Balaban J connectivity index is 3.99. The summed E-state index contributed by atoms with van der Waals surface area (Å²) in [6, 6.07) is 0. The Morgan fingerprint density at radius 2 is 2.33 bits per heavy atom. The summed E-state index contributed by atoms with van der Waals surface area (Å²) in [6.45, 7) is 0. The van der Waals surface area contributed by atoms with Gasteiger partial charge in [-0.3, -0.25) is 0 Å². The SMILES string of the molecule is [2H][13C]([2H])([2H])OC(=O)/C=C/C(=O)O. The number of hydrogen-bond acceptors (Lipinski definition) is 3. The molecule has 0 spiro atoms. The number of carbonyl (C=O) groups excluding carboxylic acids is 1. The van der Waals surface area contributed by atoms with E-state index >= 15 is 0 Å². The Hall–Kier alpha value is -1.32. The van der Waals surface area contributed by atoms with Crippen molar-refractivity contribution in [3.63, 3.8) is 0 Å². The largest absolute Gasteiger partial charge is 0.478 e. The molecule has 0 unspecified atom stereocenters. The maximum atomic E-state index is 10.4. The third-order valence-electron chi connectivity index (χ3n) is 0.463. The molecule has 1 N–H and O–H groups in total. The lowest BCUT2D eigenvalue weighted by atomic mass is 10.5. The molecule has 0 aliphatic rings. The van der Waals surface area contributed by atoms with Gasteiger partial charge in [0.1, 0.15) is 0 Å². The van der Waals surface area contributed by atoms with Crippen molar-refractivity contribution >= 4 is 11.9 Å². The first-order valence-electron chi connectivity index (χ1n) is 3.45. The van der Waals surface area contributed by atoms with E-state index in [-0.39, 0.29) is 0 Å². The smallest absolute Gasteiger partial charge is 0.330 e. The number of carboxylic acids is 1. The Bertz CT molecular complexity index is 217. The molecule has 50 valence electrons. The van der Waals surface area contributed by atoms with E-state index in [1.807, 2.05) is 0 Å². The maximum absolute atomic E-state index is 10.4. The van der Waals surface area contributed by atoms with Gasteiger partial charge in [0.2, 0.25) is 0 Å². The molecular formula is C5H6O4. The summed E-state index contributed by atoms with van der Waals surface area (Å²) in [6.07, 6.45) is 1.02. The number of carbonyl (C=O) groups is 2. The van der Waals surface area contributed by atoms with E-state index in [2.05, 4.69) is 4.74 Å². The number of methoxy groups -OCH3 is 1. The van der Waals surface area contributed by atoms with Gasteiger partial charge >= 0.3 is 11.9 Å². The van der Waals surface area contributed by atoms with Gasteiger partial charge in [-0.25, -0.2) is 9.59 Å². The summed E-state index contributed by atoms with van der Waals surface area (Å²) in [5.74, 6) is -2.56. The van der Waals surface area contributed by atoms with Crippen LogP contribution in [0.1, 0.15) is 4.11 Å². The molecule has 0 aromatic carbocycles. The molecule has 0 amide bonds. The fraction of sp³-hybridized carbons (Fsp3) is 0.200. The zero-order valence-corrected chi connectivity index (χ0v) is 4.33. The van der Waals surface area contributed by atoms with Gasteiger partial charge in [-0.15, -0.1) is 0 Å². The summed E-state index contributed by atoms with van der Waals surface area (Å²) < 4.78 is 23.2. The van der Waals surface area contributed by atoms with Crippen LogP contribution in [0.4, 0.5) is 0 Å². The predicted octanol–water partition coefficient (Wildman–Crippen LogP) is -0.200. The van der Waals surface area contributed by atoms with E-state index in [0.29, 0.717) is 12.2 Å². The second kappa shape index (κ2) is 3.65. The van der Waals surface area contributed by atoms with Crippen molar-refractivity contribution in [1.82, 2.24) is 0 Å². The summed E-state index contributed by atoms with van der Waals surface area (Å²) in [5, 5.41) is 8.03. The molecule has 0 radical (unpaired) electrons. The van der Waals surface area contributed by atoms with Crippen LogP contribution in [0.25, 0.3) is 0 Å². The van der Waals surface area contributed by atoms with Crippen molar-refractivity contribution < 1.29 is 23.5 Å². The van der Waals surface area contributed by atoms with Crippen molar-refractivity contribution in [1.29, 1.82) is 0 Å². The van der Waals surface area contributed by atoms with E-state index in [1.165, 1.54) is 0 Å². The first-order valence-corrected chi connectivity index (χ1v) is 1.95. The van der Waals surface area contributed by atoms with Crippen LogP contribution in [-0.2, 0) is 14.3 Å². The minimum absolute atomic E-state index is 0.494. The molecule has 0 heterocycles. The molecule has 0 saturated heterocycles. The van der Waals surface area contributed by atoms with Crippen molar-refractivity contribution in [3.8, 4) is 0 Å². The molecule has 0 saturated carbocycles. The molecule has 4 nitrogen and oxygen atoms in total. The second-order valence-corrected chi connectivity index (χ2v) is 1.09. The number of ether oxygens (including phenoxy) is 1. The van der Waals surface area contributed by atoms with Crippen LogP contribution in [0.2, 0.25) is 0 Å². The Morgan fingerprint density at radius 1 is 1.67 bits per heavy atom. The second-order valence-electron chi connectivity index (χ2n) is 1.09. The summed E-state index contributed by atoms with van der Waals surface area (Å²) in [5.41, 5.74) is 0. The van der Waals surface area contributed by atoms with Crippen molar-refractivity contribution in [2.75, 3.05) is 7.04 Å². The Kier molecular flexibility index (Phi) is 1.48. The maximum Gasteiger partial charge on any atom is 0.330 e. The zero-order valence-electron chi connectivity index (χ0n) is 7.33. The molecule has 0 bridgehead atoms. The highest BCUT2D eigenvalue weighted by atomic mass is 16.6. The third kappa shape index (κ3) is 4.53. The quantitative estimate of drug-likeness (QED) is 0.322. The summed E-state index contributed by atoms with van der Waals surface area (Å²) >= 11 is 0. The van der Waals surface area contributed by atoms with Crippen molar-refractivity contribution in [2.24, 2.45) is 0 Å². The molecule has 0 aromatic rings. The van der Waals surface area contributed by atoms with E-state index in [0.717, 1.165) is 0 Å². The average Bonchev–Trinajstić information content (AvgIpc) is 1.79. The van der Waals surface area contributed by atoms with Gasteiger partial charge in [0, 0.05) is 12.2 Å². The van der Waals surface area contributed by atoms with Crippen LogP contribution in [0.3, 0.4) is 0 Å². The lowest BCUT2D eigenvalue weighted by Crippen LogP contribution is -1.96. The molecule has 0 fully saturated rings. The summed E-state index contributed by atoms with van der Waals surface area (Å²) in [7, 11) is -2.83. The van der Waals surface area contributed by atoms with Crippen LogP contribution in [-0.4, -0.2) is 24.1 Å². The van der Waals surface area contributed by atoms with Gasteiger partial charge < -0.3 is 9.84 Å². The molecule has 4 heteroatoms. The minimum atomic E-state index is -2.83. The fourth-order valence-electron chi connectivity index (χ4n) is 0.173. The first-order chi connectivity index (χ1) is 5.31. The van der Waals surface area contributed by atoms with Crippen molar-refractivity contribution in [3.05, 3.63) is 12.2 Å². The van der Waals surface area contributed by atoms with Gasteiger partial charge in [-0.2, -0.15) is 0 Å². The third-order valence-corrected chi connectivity index (χ3v) is 0.463. The molecule has 0 rings (SSSR count). The topological polar surface area (TPSA) is 63.6 Å². The van der Waals surface area contributed by atoms with Gasteiger partial charge in [-0.1, -0.05) is 0 Å². The molecular weight excluding hydrogens is 125 g/mol. The highest BCUT2D eigenvalue weighted by Crippen LogP contribution is 1.76. The molecule has 0 aliphatic carbocycles.